The van der Waals surface area contributed by atoms with Gasteiger partial charge >= 0.3 is 5.97 Å². The maximum absolute atomic E-state index is 13.2. The molecule has 4 heteroatoms. The van der Waals surface area contributed by atoms with Gasteiger partial charge in [0.25, 0.3) is 0 Å². The molecule has 1 saturated carbocycles. The van der Waals surface area contributed by atoms with Gasteiger partial charge < -0.3 is 10.4 Å². The zero-order chi connectivity index (χ0) is 13.1. The van der Waals surface area contributed by atoms with Crippen LogP contribution in [-0.4, -0.2) is 17.1 Å². The molecular weight excluding hydrogens is 233 g/mol. The summed E-state index contributed by atoms with van der Waals surface area (Å²) in [6, 6.07) is 4.95. The minimum Gasteiger partial charge on any atom is -0.481 e. The Morgan fingerprint density at radius 3 is 2.61 bits per heavy atom. The summed E-state index contributed by atoms with van der Waals surface area (Å²) in [5.41, 5.74) is 1.82. The van der Waals surface area contributed by atoms with Gasteiger partial charge in [-0.05, 0) is 50.3 Å². The number of hydrogen-bond acceptors (Lipinski definition) is 2. The summed E-state index contributed by atoms with van der Waals surface area (Å²) < 4.78 is 13.2. The highest BCUT2D eigenvalue weighted by Crippen LogP contribution is 2.28. The molecule has 0 spiro atoms. The zero-order valence-electron chi connectivity index (χ0n) is 10.4. The summed E-state index contributed by atoms with van der Waals surface area (Å²) in [5, 5.41) is 12.2. The molecule has 98 valence electrons. The molecule has 1 aromatic rings. The van der Waals surface area contributed by atoms with Crippen LogP contribution in [0.25, 0.3) is 0 Å². The van der Waals surface area contributed by atoms with Gasteiger partial charge in [-0.15, -0.1) is 0 Å². The molecule has 0 radical (unpaired) electrons. The Hall–Kier alpha value is -1.58. The number of halogens is 1. The molecule has 0 bridgehead atoms. The molecule has 1 aliphatic rings. The highest BCUT2D eigenvalue weighted by molar-refractivity contribution is 5.70. The first-order chi connectivity index (χ1) is 8.56. The number of rotatable bonds is 3. The van der Waals surface area contributed by atoms with E-state index in [0.717, 1.165) is 24.1 Å². The van der Waals surface area contributed by atoms with Gasteiger partial charge in [-0.3, -0.25) is 4.79 Å². The van der Waals surface area contributed by atoms with Crippen molar-refractivity contribution in [2.45, 2.75) is 38.6 Å². The van der Waals surface area contributed by atoms with Gasteiger partial charge in [0.2, 0.25) is 0 Å². The van der Waals surface area contributed by atoms with Crippen LogP contribution < -0.4 is 5.32 Å². The molecular formula is C14H18FNO2. The fourth-order valence-corrected chi connectivity index (χ4v) is 2.45. The summed E-state index contributed by atoms with van der Waals surface area (Å²) in [6.45, 7) is 1.94. The average Bonchev–Trinajstić information content (AvgIpc) is 2.34. The van der Waals surface area contributed by atoms with Crippen LogP contribution in [0.4, 0.5) is 10.1 Å². The number of anilines is 1. The highest BCUT2D eigenvalue weighted by atomic mass is 19.1. The maximum atomic E-state index is 13.2. The van der Waals surface area contributed by atoms with E-state index in [1.54, 1.807) is 6.07 Å². The number of carboxylic acid groups (broad SMARTS) is 1. The Morgan fingerprint density at radius 1 is 1.33 bits per heavy atom. The van der Waals surface area contributed by atoms with Crippen molar-refractivity contribution in [2.75, 3.05) is 5.32 Å². The molecule has 0 amide bonds. The Morgan fingerprint density at radius 2 is 2.00 bits per heavy atom. The van der Waals surface area contributed by atoms with Crippen molar-refractivity contribution in [1.29, 1.82) is 0 Å². The van der Waals surface area contributed by atoms with Gasteiger partial charge in [0, 0.05) is 11.7 Å². The van der Waals surface area contributed by atoms with E-state index in [4.69, 9.17) is 5.11 Å². The molecule has 1 aliphatic carbocycles. The minimum absolute atomic E-state index is 0.211. The van der Waals surface area contributed by atoms with Crippen LogP contribution in [0.15, 0.2) is 18.2 Å². The summed E-state index contributed by atoms with van der Waals surface area (Å²) in [7, 11) is 0. The van der Waals surface area contributed by atoms with Crippen molar-refractivity contribution in [3.63, 3.8) is 0 Å². The van der Waals surface area contributed by atoms with Gasteiger partial charge in [0.15, 0.2) is 0 Å². The minimum atomic E-state index is -0.699. The van der Waals surface area contributed by atoms with Gasteiger partial charge in [0.1, 0.15) is 5.82 Å². The van der Waals surface area contributed by atoms with E-state index in [1.807, 2.05) is 6.92 Å². The number of aryl methyl sites for hydroxylation is 1. The molecule has 2 N–H and O–H groups in total. The molecule has 1 fully saturated rings. The smallest absolute Gasteiger partial charge is 0.306 e. The van der Waals surface area contributed by atoms with Crippen molar-refractivity contribution < 1.29 is 14.3 Å². The second-order valence-electron chi connectivity index (χ2n) is 4.99. The third-order valence-corrected chi connectivity index (χ3v) is 3.64. The first-order valence-electron chi connectivity index (χ1n) is 6.32. The third-order valence-electron chi connectivity index (χ3n) is 3.64. The maximum Gasteiger partial charge on any atom is 0.306 e. The molecule has 0 aliphatic heterocycles. The van der Waals surface area contributed by atoms with Crippen LogP contribution in [0, 0.1) is 18.7 Å². The highest BCUT2D eigenvalue weighted by Gasteiger charge is 2.25. The predicted octanol–water partition coefficient (Wildman–Crippen LogP) is 3.19. The molecule has 0 heterocycles. The van der Waals surface area contributed by atoms with Crippen LogP contribution in [0.5, 0.6) is 0 Å². The monoisotopic (exact) mass is 251 g/mol. The number of aliphatic carboxylic acids is 1. The van der Waals surface area contributed by atoms with Crippen molar-refractivity contribution in [3.8, 4) is 0 Å². The number of carboxylic acids is 1. The number of nitrogens with one attached hydrogen (secondary N) is 1. The van der Waals surface area contributed by atoms with Crippen LogP contribution >= 0.6 is 0 Å². The average molecular weight is 251 g/mol. The lowest BCUT2D eigenvalue weighted by molar-refractivity contribution is -0.142. The summed E-state index contributed by atoms with van der Waals surface area (Å²) in [4.78, 5) is 10.8. The standard InChI is InChI=1S/C14H18FNO2/c1-9-2-5-11(15)8-13(9)16-12-6-3-10(4-7-12)14(17)18/h2,5,8,10,12,16H,3-4,6-7H2,1H3,(H,17,18). The first-order valence-corrected chi connectivity index (χ1v) is 6.32. The Labute approximate surface area is 106 Å². The topological polar surface area (TPSA) is 49.3 Å². The fourth-order valence-electron chi connectivity index (χ4n) is 2.45. The van der Waals surface area contributed by atoms with Crippen LogP contribution in [0.1, 0.15) is 31.2 Å². The lowest BCUT2D eigenvalue weighted by Crippen LogP contribution is -2.29. The first kappa shape index (κ1) is 12.9. The summed E-state index contributed by atoms with van der Waals surface area (Å²) in [5.74, 6) is -1.16. The van der Waals surface area contributed by atoms with Crippen molar-refractivity contribution >= 4 is 11.7 Å². The van der Waals surface area contributed by atoms with Gasteiger partial charge in [0.05, 0.1) is 5.92 Å². The molecule has 18 heavy (non-hydrogen) atoms. The lowest BCUT2D eigenvalue weighted by Gasteiger charge is -2.28. The molecule has 1 aromatic carbocycles. The molecule has 0 atom stereocenters. The number of hydrogen-bond donors (Lipinski definition) is 2. The van der Waals surface area contributed by atoms with E-state index in [-0.39, 0.29) is 17.8 Å². The van der Waals surface area contributed by atoms with Crippen molar-refractivity contribution in [3.05, 3.63) is 29.6 Å². The molecule has 0 aromatic heterocycles. The van der Waals surface area contributed by atoms with E-state index in [0.29, 0.717) is 12.8 Å². The second kappa shape index (κ2) is 5.38. The van der Waals surface area contributed by atoms with Crippen LogP contribution in [-0.2, 0) is 4.79 Å². The van der Waals surface area contributed by atoms with Crippen molar-refractivity contribution in [2.24, 2.45) is 5.92 Å². The zero-order valence-corrected chi connectivity index (χ0v) is 10.4. The summed E-state index contributed by atoms with van der Waals surface area (Å²) >= 11 is 0. The largest absolute Gasteiger partial charge is 0.481 e. The summed E-state index contributed by atoms with van der Waals surface area (Å²) in [6.07, 6.45) is 3.04. The molecule has 2 rings (SSSR count). The number of carbonyl (C=O) groups is 1. The van der Waals surface area contributed by atoms with E-state index >= 15 is 0 Å². The van der Waals surface area contributed by atoms with Crippen molar-refractivity contribution in [1.82, 2.24) is 0 Å². The van der Waals surface area contributed by atoms with E-state index in [2.05, 4.69) is 5.32 Å². The predicted molar refractivity (Wildman–Crippen MR) is 68.1 cm³/mol. The Bertz CT molecular complexity index is 439. The van der Waals surface area contributed by atoms with E-state index in [1.165, 1.54) is 12.1 Å². The SMILES string of the molecule is Cc1ccc(F)cc1NC1CCC(C(=O)O)CC1. The van der Waals surface area contributed by atoms with Gasteiger partial charge in [-0.1, -0.05) is 6.07 Å². The molecule has 0 saturated heterocycles. The fraction of sp³-hybridized carbons (Fsp3) is 0.500. The molecule has 3 nitrogen and oxygen atoms in total. The molecule has 0 unspecified atom stereocenters. The van der Waals surface area contributed by atoms with Gasteiger partial charge in [-0.25, -0.2) is 4.39 Å². The van der Waals surface area contributed by atoms with Crippen LogP contribution in [0.3, 0.4) is 0 Å². The van der Waals surface area contributed by atoms with E-state index < -0.39 is 5.97 Å². The number of benzene rings is 1. The quantitative estimate of drug-likeness (QED) is 0.867. The second-order valence-corrected chi connectivity index (χ2v) is 4.99. The van der Waals surface area contributed by atoms with Gasteiger partial charge in [-0.2, -0.15) is 0 Å². The van der Waals surface area contributed by atoms with E-state index in [9.17, 15) is 9.18 Å². The Kier molecular flexibility index (Phi) is 3.84. The Balaban J connectivity index is 1.95. The third kappa shape index (κ3) is 3.00. The lowest BCUT2D eigenvalue weighted by atomic mass is 9.86. The van der Waals surface area contributed by atoms with Crippen LogP contribution in [0.2, 0.25) is 0 Å². The normalized spacial score (nSPS) is 23.7.